The van der Waals surface area contributed by atoms with Gasteiger partial charge in [0.2, 0.25) is 0 Å². The third-order valence-electron chi connectivity index (χ3n) is 6.27. The Bertz CT molecular complexity index is 1470. The molecule has 0 aliphatic carbocycles. The molecule has 1 fully saturated rings. The Balaban J connectivity index is 1.59. The van der Waals surface area contributed by atoms with Crippen LogP contribution in [-0.2, 0) is 16.0 Å². The second-order valence-corrected chi connectivity index (χ2v) is 10.5. The van der Waals surface area contributed by atoms with E-state index in [1.807, 2.05) is 38.1 Å². The maximum atomic E-state index is 13.5. The van der Waals surface area contributed by atoms with Crippen LogP contribution in [0.25, 0.3) is 11.7 Å². The summed E-state index contributed by atoms with van der Waals surface area (Å²) in [5.74, 6) is 1.46. The van der Waals surface area contributed by atoms with Gasteiger partial charge in [-0.2, -0.15) is 0 Å². The summed E-state index contributed by atoms with van der Waals surface area (Å²) in [6.45, 7) is 6.07. The van der Waals surface area contributed by atoms with Crippen molar-refractivity contribution in [2.24, 2.45) is 0 Å². The van der Waals surface area contributed by atoms with Crippen molar-refractivity contribution < 1.29 is 19.0 Å². The highest BCUT2D eigenvalue weighted by atomic mass is 32.2. The Labute approximate surface area is 237 Å². The molecule has 3 heterocycles. The zero-order valence-corrected chi connectivity index (χ0v) is 24.1. The van der Waals surface area contributed by atoms with Crippen LogP contribution in [-0.4, -0.2) is 65.0 Å². The molecular weight excluding hydrogens is 536 g/mol. The molecule has 206 valence electrons. The number of amides is 1. The van der Waals surface area contributed by atoms with E-state index in [2.05, 4.69) is 5.32 Å². The second-order valence-electron chi connectivity index (χ2n) is 8.81. The van der Waals surface area contributed by atoms with Crippen LogP contribution >= 0.6 is 24.0 Å². The molecule has 1 N–H and O–H groups in total. The van der Waals surface area contributed by atoms with Crippen molar-refractivity contribution in [1.82, 2.24) is 14.3 Å². The lowest BCUT2D eigenvalue weighted by molar-refractivity contribution is -0.122. The number of rotatable bonds is 12. The number of fused-ring (bicyclic) bond motifs is 1. The molecule has 0 spiro atoms. The molecule has 3 aromatic rings. The molecule has 1 saturated heterocycles. The summed E-state index contributed by atoms with van der Waals surface area (Å²) in [6, 6.07) is 9.37. The summed E-state index contributed by atoms with van der Waals surface area (Å²) in [4.78, 5) is 33.6. The molecule has 1 aliphatic rings. The number of hydrogen-bond donors (Lipinski definition) is 1. The number of carbonyl (C=O) groups is 1. The highest BCUT2D eigenvalue weighted by Crippen LogP contribution is 2.34. The third-order valence-corrected chi connectivity index (χ3v) is 7.65. The van der Waals surface area contributed by atoms with Crippen LogP contribution in [0.3, 0.4) is 0 Å². The molecule has 1 amide bonds. The number of methoxy groups -OCH3 is 2. The first-order valence-electron chi connectivity index (χ1n) is 12.7. The van der Waals surface area contributed by atoms with Crippen molar-refractivity contribution in [3.63, 3.8) is 0 Å². The number of ether oxygens (including phenoxy) is 3. The lowest BCUT2D eigenvalue weighted by atomic mass is 10.1. The van der Waals surface area contributed by atoms with Gasteiger partial charge in [-0.05, 0) is 62.1 Å². The monoisotopic (exact) mass is 568 g/mol. The Kier molecular flexibility index (Phi) is 9.60. The van der Waals surface area contributed by atoms with E-state index in [-0.39, 0.29) is 11.5 Å². The Hall–Kier alpha value is -3.41. The van der Waals surface area contributed by atoms with E-state index in [9.17, 15) is 9.59 Å². The van der Waals surface area contributed by atoms with Gasteiger partial charge in [0.1, 0.15) is 15.8 Å². The molecule has 0 saturated carbocycles. The predicted molar refractivity (Wildman–Crippen MR) is 159 cm³/mol. The van der Waals surface area contributed by atoms with E-state index >= 15 is 0 Å². The van der Waals surface area contributed by atoms with Crippen molar-refractivity contribution in [3.8, 4) is 11.5 Å². The van der Waals surface area contributed by atoms with E-state index in [0.29, 0.717) is 70.5 Å². The van der Waals surface area contributed by atoms with E-state index in [1.54, 1.807) is 37.5 Å². The summed E-state index contributed by atoms with van der Waals surface area (Å²) < 4.78 is 18.1. The average Bonchev–Trinajstić information content (AvgIpc) is 3.21. The zero-order chi connectivity index (χ0) is 27.9. The van der Waals surface area contributed by atoms with Crippen LogP contribution in [0.2, 0.25) is 0 Å². The van der Waals surface area contributed by atoms with E-state index in [1.165, 1.54) is 16.2 Å². The van der Waals surface area contributed by atoms with Crippen molar-refractivity contribution in [3.05, 3.63) is 68.5 Å². The van der Waals surface area contributed by atoms with Gasteiger partial charge < -0.3 is 19.5 Å². The van der Waals surface area contributed by atoms with Crippen LogP contribution in [0, 0.1) is 6.92 Å². The number of nitrogens with zero attached hydrogens (tertiary/aromatic N) is 3. The molecular formula is C28H32N4O5S2. The first-order valence-corrected chi connectivity index (χ1v) is 13.9. The van der Waals surface area contributed by atoms with E-state index in [0.717, 1.165) is 17.5 Å². The summed E-state index contributed by atoms with van der Waals surface area (Å²) in [7, 11) is 3.17. The van der Waals surface area contributed by atoms with Gasteiger partial charge in [0.25, 0.3) is 11.5 Å². The first kappa shape index (κ1) is 28.6. The van der Waals surface area contributed by atoms with Crippen LogP contribution < -0.4 is 20.3 Å². The first-order chi connectivity index (χ1) is 18.9. The lowest BCUT2D eigenvalue weighted by Crippen LogP contribution is -2.30. The number of nitrogens with one attached hydrogen (secondary N) is 1. The van der Waals surface area contributed by atoms with Crippen LogP contribution in [0.15, 0.2) is 46.2 Å². The molecule has 9 nitrogen and oxygen atoms in total. The molecule has 39 heavy (non-hydrogen) atoms. The summed E-state index contributed by atoms with van der Waals surface area (Å²) in [5.41, 5.74) is 2.48. The van der Waals surface area contributed by atoms with Gasteiger partial charge in [0, 0.05) is 32.5 Å². The smallest absolute Gasteiger partial charge is 0.267 e. The minimum Gasteiger partial charge on any atom is -0.493 e. The van der Waals surface area contributed by atoms with Crippen LogP contribution in [0.4, 0.5) is 5.82 Å². The normalized spacial score (nSPS) is 14.5. The van der Waals surface area contributed by atoms with Gasteiger partial charge in [0.05, 0.1) is 24.7 Å². The number of benzene rings is 1. The lowest BCUT2D eigenvalue weighted by Gasteiger charge is -2.15. The highest BCUT2D eigenvalue weighted by Gasteiger charge is 2.32. The molecule has 0 unspecified atom stereocenters. The predicted octanol–water partition coefficient (Wildman–Crippen LogP) is 4.30. The number of aryl methyl sites for hydroxylation is 1. The maximum Gasteiger partial charge on any atom is 0.267 e. The number of anilines is 1. The minimum absolute atomic E-state index is 0.235. The topological polar surface area (TPSA) is 94.4 Å². The summed E-state index contributed by atoms with van der Waals surface area (Å²) >= 11 is 6.73. The van der Waals surface area contributed by atoms with Crippen molar-refractivity contribution in [2.75, 3.05) is 45.8 Å². The number of pyridine rings is 1. The van der Waals surface area contributed by atoms with Gasteiger partial charge in [-0.15, -0.1) is 0 Å². The fourth-order valence-corrected chi connectivity index (χ4v) is 5.49. The number of thiocarbonyl (C=S) groups is 1. The molecule has 2 aromatic heterocycles. The number of hydrogen-bond acceptors (Lipinski definition) is 9. The number of aromatic nitrogens is 2. The van der Waals surface area contributed by atoms with E-state index in [4.69, 9.17) is 31.4 Å². The van der Waals surface area contributed by atoms with Crippen LogP contribution in [0.1, 0.15) is 30.0 Å². The van der Waals surface area contributed by atoms with Gasteiger partial charge in [-0.3, -0.25) is 18.9 Å². The van der Waals surface area contributed by atoms with Gasteiger partial charge in [-0.25, -0.2) is 4.98 Å². The quantitative estimate of drug-likeness (QED) is 0.195. The standard InChI is InChI=1S/C28H32N4O5S2/c1-5-37-15-7-12-29-24-20(26(33)31-13-6-8-18(2)25(31)30-24)17-23-27(34)32(28(38)39-23)14-11-19-9-10-21(35-3)22(16-19)36-4/h6,8-10,13,16-17,29H,5,7,11-12,14-15H2,1-4H3. The van der Waals surface area contributed by atoms with Crippen molar-refractivity contribution in [2.45, 2.75) is 26.7 Å². The fraction of sp³-hybridized carbons (Fsp3) is 0.357. The molecule has 0 atom stereocenters. The fourth-order valence-electron chi connectivity index (χ4n) is 4.20. The second kappa shape index (κ2) is 13.1. The molecule has 1 aliphatic heterocycles. The van der Waals surface area contributed by atoms with Crippen LogP contribution in [0.5, 0.6) is 11.5 Å². The number of carbonyl (C=O) groups excluding carboxylic acids is 1. The number of thioether (sulfide) groups is 1. The van der Waals surface area contributed by atoms with Crippen molar-refractivity contribution >= 4 is 51.7 Å². The zero-order valence-electron chi connectivity index (χ0n) is 22.5. The van der Waals surface area contributed by atoms with Gasteiger partial charge in [0.15, 0.2) is 11.5 Å². The largest absolute Gasteiger partial charge is 0.493 e. The Morgan fingerprint density at radius 1 is 1.15 bits per heavy atom. The molecule has 1 aromatic carbocycles. The summed E-state index contributed by atoms with van der Waals surface area (Å²) in [5, 5.41) is 3.27. The van der Waals surface area contributed by atoms with Gasteiger partial charge >= 0.3 is 0 Å². The van der Waals surface area contributed by atoms with Gasteiger partial charge in [-0.1, -0.05) is 36.1 Å². The van der Waals surface area contributed by atoms with Crippen molar-refractivity contribution in [1.29, 1.82) is 0 Å². The highest BCUT2D eigenvalue weighted by molar-refractivity contribution is 8.26. The maximum absolute atomic E-state index is 13.5. The summed E-state index contributed by atoms with van der Waals surface area (Å²) in [6.07, 6.45) is 4.61. The minimum atomic E-state index is -0.258. The Morgan fingerprint density at radius 3 is 2.69 bits per heavy atom. The Morgan fingerprint density at radius 2 is 1.95 bits per heavy atom. The van der Waals surface area contributed by atoms with E-state index < -0.39 is 0 Å². The molecule has 0 bridgehead atoms. The SMILES string of the molecule is CCOCCCNc1nc2c(C)cccn2c(=O)c1C=C1SC(=S)N(CCc2ccc(OC)c(OC)c2)C1=O. The molecule has 4 rings (SSSR count). The molecule has 11 heteroatoms. The average molecular weight is 569 g/mol. The third kappa shape index (κ3) is 6.43. The molecule has 0 radical (unpaired) electrons.